The second-order valence-corrected chi connectivity index (χ2v) is 6.13. The number of fused-ring (bicyclic) bond motifs is 1. The van der Waals surface area contributed by atoms with Gasteiger partial charge in [-0.2, -0.15) is 5.10 Å². The summed E-state index contributed by atoms with van der Waals surface area (Å²) >= 11 is 0. The Morgan fingerprint density at radius 3 is 2.60 bits per heavy atom. The summed E-state index contributed by atoms with van der Waals surface area (Å²) in [5.74, 6) is 0.908. The van der Waals surface area contributed by atoms with Crippen LogP contribution in [-0.4, -0.2) is 16.4 Å². The van der Waals surface area contributed by atoms with Gasteiger partial charge in [0.15, 0.2) is 0 Å². The smallest absolute Gasteiger partial charge is 0.119 e. The van der Waals surface area contributed by atoms with Gasteiger partial charge in [0, 0.05) is 18.8 Å². The molecule has 0 unspecified atom stereocenters. The van der Waals surface area contributed by atoms with Gasteiger partial charge in [-0.25, -0.2) is 0 Å². The van der Waals surface area contributed by atoms with Gasteiger partial charge in [0.2, 0.25) is 0 Å². The van der Waals surface area contributed by atoms with Crippen molar-refractivity contribution in [3.05, 3.63) is 96.3 Å². The van der Waals surface area contributed by atoms with Crippen molar-refractivity contribution in [1.82, 2.24) is 9.78 Å². The normalized spacial score (nSPS) is 10.9. The van der Waals surface area contributed by atoms with Crippen LogP contribution in [0.4, 0.5) is 0 Å². The maximum atomic E-state index is 5.95. The third-order valence-electron chi connectivity index (χ3n) is 4.28. The topological polar surface area (TPSA) is 27.1 Å². The van der Waals surface area contributed by atoms with E-state index in [1.54, 1.807) is 6.20 Å². The van der Waals surface area contributed by atoms with Gasteiger partial charge in [-0.05, 0) is 40.1 Å². The first-order chi connectivity index (χ1) is 12.4. The zero-order chi connectivity index (χ0) is 16.9. The first kappa shape index (κ1) is 15.5. The highest BCUT2D eigenvalue weighted by molar-refractivity contribution is 5.82. The van der Waals surface area contributed by atoms with E-state index in [2.05, 4.69) is 59.7 Å². The van der Waals surface area contributed by atoms with Crippen LogP contribution in [0.25, 0.3) is 10.8 Å². The van der Waals surface area contributed by atoms with Crippen LogP contribution >= 0.6 is 0 Å². The Morgan fingerprint density at radius 1 is 0.800 bits per heavy atom. The van der Waals surface area contributed by atoms with Crippen LogP contribution in [-0.2, 0) is 13.0 Å². The zero-order valence-electron chi connectivity index (χ0n) is 14.0. The molecular weight excluding hydrogens is 308 g/mol. The fraction of sp³-hybridized carbons (Fsp3) is 0.136. The van der Waals surface area contributed by atoms with Gasteiger partial charge in [0.05, 0.1) is 13.2 Å². The van der Waals surface area contributed by atoms with Crippen LogP contribution in [0.2, 0.25) is 0 Å². The average molecular weight is 328 g/mol. The maximum absolute atomic E-state index is 5.95. The van der Waals surface area contributed by atoms with E-state index in [4.69, 9.17) is 4.74 Å². The molecule has 0 saturated carbocycles. The summed E-state index contributed by atoms with van der Waals surface area (Å²) in [4.78, 5) is 0. The highest BCUT2D eigenvalue weighted by atomic mass is 16.5. The summed E-state index contributed by atoms with van der Waals surface area (Å²) in [5, 5.41) is 6.80. The van der Waals surface area contributed by atoms with E-state index in [9.17, 15) is 0 Å². The van der Waals surface area contributed by atoms with Gasteiger partial charge in [0.1, 0.15) is 5.75 Å². The van der Waals surface area contributed by atoms with Crippen LogP contribution in [0.3, 0.4) is 0 Å². The second-order valence-electron chi connectivity index (χ2n) is 6.13. The summed E-state index contributed by atoms with van der Waals surface area (Å²) in [6.45, 7) is 1.43. The molecule has 4 aromatic rings. The molecule has 124 valence electrons. The summed E-state index contributed by atoms with van der Waals surface area (Å²) in [5.41, 5.74) is 2.48. The van der Waals surface area contributed by atoms with E-state index in [0.29, 0.717) is 6.61 Å². The van der Waals surface area contributed by atoms with Crippen molar-refractivity contribution in [3.63, 3.8) is 0 Å². The number of hydrogen-bond acceptors (Lipinski definition) is 2. The zero-order valence-corrected chi connectivity index (χ0v) is 14.0. The van der Waals surface area contributed by atoms with Gasteiger partial charge in [-0.3, -0.25) is 4.68 Å². The number of aromatic nitrogens is 2. The molecule has 1 heterocycles. The third kappa shape index (κ3) is 3.89. The van der Waals surface area contributed by atoms with E-state index < -0.39 is 0 Å². The van der Waals surface area contributed by atoms with E-state index >= 15 is 0 Å². The molecular formula is C22H20N2O. The van der Waals surface area contributed by atoms with Crippen molar-refractivity contribution in [3.8, 4) is 5.75 Å². The Kier molecular flexibility index (Phi) is 4.46. The van der Waals surface area contributed by atoms with Crippen molar-refractivity contribution >= 4 is 10.8 Å². The van der Waals surface area contributed by atoms with Crippen molar-refractivity contribution in [2.45, 2.75) is 13.0 Å². The van der Waals surface area contributed by atoms with E-state index in [1.165, 1.54) is 21.9 Å². The minimum Gasteiger partial charge on any atom is -0.493 e. The van der Waals surface area contributed by atoms with Gasteiger partial charge in [-0.15, -0.1) is 0 Å². The molecule has 0 bridgehead atoms. The molecule has 0 aliphatic carbocycles. The molecule has 0 aliphatic rings. The standard InChI is InChI=1S/C22H20N2O/c1-2-7-21-15-18(9-10-20(21)6-1)11-14-25-22-8-3-5-19(16-22)17-24-13-4-12-23-24/h1-10,12-13,15-16H,11,14,17H2. The monoisotopic (exact) mass is 328 g/mol. The molecule has 0 spiro atoms. The molecule has 0 aliphatic heterocycles. The third-order valence-corrected chi connectivity index (χ3v) is 4.28. The molecule has 4 rings (SSSR count). The molecule has 0 amide bonds. The van der Waals surface area contributed by atoms with Crippen LogP contribution in [0.1, 0.15) is 11.1 Å². The van der Waals surface area contributed by atoms with Crippen LogP contribution < -0.4 is 4.74 Å². The molecule has 3 nitrogen and oxygen atoms in total. The number of benzene rings is 3. The van der Waals surface area contributed by atoms with E-state index in [0.717, 1.165) is 18.7 Å². The summed E-state index contributed by atoms with van der Waals surface area (Å²) < 4.78 is 7.86. The number of rotatable bonds is 6. The van der Waals surface area contributed by atoms with Crippen LogP contribution in [0.15, 0.2) is 85.2 Å². The molecule has 0 saturated heterocycles. The van der Waals surface area contributed by atoms with Crippen molar-refractivity contribution < 1.29 is 4.74 Å². The lowest BCUT2D eigenvalue weighted by molar-refractivity contribution is 0.321. The maximum Gasteiger partial charge on any atom is 0.119 e. The molecule has 0 fully saturated rings. The molecule has 0 atom stereocenters. The second kappa shape index (κ2) is 7.22. The fourth-order valence-electron chi connectivity index (χ4n) is 3.00. The number of ether oxygens (including phenoxy) is 1. The van der Waals surface area contributed by atoms with Crippen molar-refractivity contribution in [2.75, 3.05) is 6.61 Å². The summed E-state index contributed by atoms with van der Waals surface area (Å²) in [6, 6.07) is 25.2. The lowest BCUT2D eigenvalue weighted by Gasteiger charge is -2.09. The van der Waals surface area contributed by atoms with E-state index in [-0.39, 0.29) is 0 Å². The molecule has 0 N–H and O–H groups in total. The van der Waals surface area contributed by atoms with E-state index in [1.807, 2.05) is 29.1 Å². The first-order valence-corrected chi connectivity index (χ1v) is 8.54. The van der Waals surface area contributed by atoms with Gasteiger partial charge < -0.3 is 4.74 Å². The Bertz CT molecular complexity index is 961. The van der Waals surface area contributed by atoms with Crippen LogP contribution in [0.5, 0.6) is 5.75 Å². The van der Waals surface area contributed by atoms with Gasteiger partial charge in [-0.1, -0.05) is 54.6 Å². The van der Waals surface area contributed by atoms with Crippen molar-refractivity contribution in [2.24, 2.45) is 0 Å². The summed E-state index contributed by atoms with van der Waals surface area (Å²) in [7, 11) is 0. The minimum atomic E-state index is 0.670. The molecule has 1 aromatic heterocycles. The Balaban J connectivity index is 1.37. The molecule has 25 heavy (non-hydrogen) atoms. The highest BCUT2D eigenvalue weighted by Gasteiger charge is 2.01. The quantitative estimate of drug-likeness (QED) is 0.513. The number of hydrogen-bond donors (Lipinski definition) is 0. The number of nitrogens with zero attached hydrogens (tertiary/aromatic N) is 2. The Morgan fingerprint density at radius 2 is 1.72 bits per heavy atom. The Hall–Kier alpha value is -3.07. The summed E-state index contributed by atoms with van der Waals surface area (Å²) in [6.07, 6.45) is 4.66. The highest BCUT2D eigenvalue weighted by Crippen LogP contribution is 2.17. The molecule has 3 heteroatoms. The lowest BCUT2D eigenvalue weighted by Crippen LogP contribution is -2.03. The average Bonchev–Trinajstić information content (AvgIpc) is 3.15. The van der Waals surface area contributed by atoms with Gasteiger partial charge in [0.25, 0.3) is 0 Å². The Labute approximate surface area is 147 Å². The SMILES string of the molecule is c1cc(Cn2cccn2)cc(OCCc2ccc3ccccc3c2)c1. The fourth-order valence-corrected chi connectivity index (χ4v) is 3.00. The van der Waals surface area contributed by atoms with Crippen molar-refractivity contribution in [1.29, 1.82) is 0 Å². The molecule has 3 aromatic carbocycles. The van der Waals surface area contributed by atoms with Gasteiger partial charge >= 0.3 is 0 Å². The van der Waals surface area contributed by atoms with Crippen LogP contribution in [0, 0.1) is 0 Å². The lowest BCUT2D eigenvalue weighted by atomic mass is 10.1. The minimum absolute atomic E-state index is 0.670. The first-order valence-electron chi connectivity index (χ1n) is 8.54. The predicted octanol–water partition coefficient (Wildman–Crippen LogP) is 4.71. The predicted molar refractivity (Wildman–Crippen MR) is 101 cm³/mol. The molecule has 0 radical (unpaired) electrons. The largest absolute Gasteiger partial charge is 0.493 e.